The zero-order chi connectivity index (χ0) is 35.3. The molecule has 3 heteroatoms. The zero-order valence-corrected chi connectivity index (χ0v) is 31.7. The standard InChI is InChI=1S/C47H49BN2/c1-44(2,3)28-19-22-31(23-20-28)49-39-18-14-16-32-35-26-30(46(7,8)9)27-36-34-25-29(45(4,5)6)21-24-38(34)50(42(35)36)48(40(32)39)41-33-15-12-13-17-37(33)47(10,11)43(41)49/h12-27H,1-11H3. The van der Waals surface area contributed by atoms with Crippen LogP contribution in [0.4, 0.5) is 11.4 Å². The van der Waals surface area contributed by atoms with Crippen LogP contribution in [0.1, 0.15) is 104 Å². The molecule has 0 atom stereocenters. The third-order valence-electron chi connectivity index (χ3n) is 12.0. The van der Waals surface area contributed by atoms with Crippen LogP contribution in [-0.4, -0.2) is 11.3 Å². The fourth-order valence-corrected chi connectivity index (χ4v) is 9.26. The number of aromatic nitrogens is 1. The Morgan fingerprint density at radius 2 is 1.18 bits per heavy atom. The molecule has 250 valence electrons. The lowest BCUT2D eigenvalue weighted by molar-refractivity contribution is 0.590. The molecule has 3 heterocycles. The third-order valence-corrected chi connectivity index (χ3v) is 12.0. The molecule has 0 spiro atoms. The van der Waals surface area contributed by atoms with Gasteiger partial charge >= 0.3 is 6.85 Å². The van der Waals surface area contributed by atoms with E-state index < -0.39 is 0 Å². The fraction of sp³-hybridized carbons (Fsp3) is 0.319. The molecule has 1 aliphatic carbocycles. The van der Waals surface area contributed by atoms with Gasteiger partial charge in [0.05, 0.1) is 0 Å². The van der Waals surface area contributed by atoms with Crippen molar-refractivity contribution in [2.45, 2.75) is 97.8 Å². The summed E-state index contributed by atoms with van der Waals surface area (Å²) in [5, 5.41) is 2.74. The van der Waals surface area contributed by atoms with E-state index in [9.17, 15) is 0 Å². The van der Waals surface area contributed by atoms with Gasteiger partial charge in [0.1, 0.15) is 0 Å². The molecule has 0 fully saturated rings. The number of hydrogen-bond donors (Lipinski definition) is 0. The Labute approximate surface area is 298 Å². The summed E-state index contributed by atoms with van der Waals surface area (Å²) < 4.78 is 2.73. The molecule has 2 aliphatic heterocycles. The minimum absolute atomic E-state index is 0.0113. The van der Waals surface area contributed by atoms with Crippen molar-refractivity contribution in [2.24, 2.45) is 0 Å². The van der Waals surface area contributed by atoms with Crippen LogP contribution in [0.5, 0.6) is 0 Å². The summed E-state index contributed by atoms with van der Waals surface area (Å²) in [7, 11) is 0. The number of hydrogen-bond acceptors (Lipinski definition) is 1. The molecule has 50 heavy (non-hydrogen) atoms. The highest BCUT2D eigenvalue weighted by atomic mass is 15.2. The van der Waals surface area contributed by atoms with Crippen LogP contribution in [-0.2, 0) is 21.7 Å². The predicted molar refractivity (Wildman–Crippen MR) is 217 cm³/mol. The molecule has 0 radical (unpaired) electrons. The minimum Gasteiger partial charge on any atom is -0.375 e. The predicted octanol–water partition coefficient (Wildman–Crippen LogP) is 11.8. The van der Waals surface area contributed by atoms with Crippen molar-refractivity contribution < 1.29 is 0 Å². The van der Waals surface area contributed by atoms with E-state index >= 15 is 0 Å². The monoisotopic (exact) mass is 652 g/mol. The molecule has 0 N–H and O–H groups in total. The summed E-state index contributed by atoms with van der Waals surface area (Å²) in [4.78, 5) is 2.62. The van der Waals surface area contributed by atoms with Gasteiger partial charge in [0.15, 0.2) is 0 Å². The Hall–Kier alpha value is -4.50. The lowest BCUT2D eigenvalue weighted by Crippen LogP contribution is -2.50. The van der Waals surface area contributed by atoms with Crippen LogP contribution >= 0.6 is 0 Å². The maximum absolute atomic E-state index is 2.73. The van der Waals surface area contributed by atoms with E-state index in [-0.39, 0.29) is 28.5 Å². The van der Waals surface area contributed by atoms with Crippen LogP contribution in [0.2, 0.25) is 0 Å². The molecule has 3 aliphatic rings. The number of anilines is 2. The van der Waals surface area contributed by atoms with Crippen molar-refractivity contribution in [1.82, 2.24) is 4.48 Å². The largest absolute Gasteiger partial charge is 0.375 e. The highest BCUT2D eigenvalue weighted by molar-refractivity contribution is 6.93. The van der Waals surface area contributed by atoms with Crippen molar-refractivity contribution in [3.05, 3.63) is 131 Å². The molecular formula is C47H49BN2. The van der Waals surface area contributed by atoms with Gasteiger partial charge in [-0.1, -0.05) is 131 Å². The molecule has 5 aromatic carbocycles. The highest BCUT2D eigenvalue weighted by Crippen LogP contribution is 2.56. The van der Waals surface area contributed by atoms with Crippen molar-refractivity contribution >= 4 is 51.0 Å². The number of benzene rings is 5. The Bertz CT molecular complexity index is 2450. The van der Waals surface area contributed by atoms with Crippen molar-refractivity contribution in [2.75, 3.05) is 4.90 Å². The van der Waals surface area contributed by atoms with Gasteiger partial charge in [-0.2, -0.15) is 0 Å². The molecule has 1 aromatic heterocycles. The summed E-state index contributed by atoms with van der Waals surface area (Å²) in [5.41, 5.74) is 19.0. The van der Waals surface area contributed by atoms with Gasteiger partial charge in [0, 0.05) is 49.9 Å². The van der Waals surface area contributed by atoms with Gasteiger partial charge < -0.3 is 9.38 Å². The second kappa shape index (κ2) is 9.84. The minimum atomic E-state index is -0.194. The van der Waals surface area contributed by atoms with Crippen LogP contribution in [0.25, 0.3) is 38.4 Å². The highest BCUT2D eigenvalue weighted by Gasteiger charge is 2.52. The Kier molecular flexibility index (Phi) is 6.20. The second-order valence-electron chi connectivity index (χ2n) is 18.7. The summed E-state index contributed by atoms with van der Waals surface area (Å²) in [5.74, 6) is 0. The molecule has 0 saturated carbocycles. The molecule has 0 unspecified atom stereocenters. The first-order valence-electron chi connectivity index (χ1n) is 18.5. The smallest absolute Gasteiger partial charge is 0.333 e. The second-order valence-corrected chi connectivity index (χ2v) is 18.7. The van der Waals surface area contributed by atoms with E-state index in [1.54, 1.807) is 0 Å². The first-order valence-corrected chi connectivity index (χ1v) is 18.5. The maximum atomic E-state index is 2.73. The van der Waals surface area contributed by atoms with Gasteiger partial charge in [-0.15, -0.1) is 0 Å². The van der Waals surface area contributed by atoms with Gasteiger partial charge in [-0.05, 0) is 103 Å². The van der Waals surface area contributed by atoms with Gasteiger partial charge in [0.2, 0.25) is 0 Å². The molecular weight excluding hydrogens is 603 g/mol. The number of fused-ring (bicyclic) bond motifs is 8. The van der Waals surface area contributed by atoms with Gasteiger partial charge in [-0.25, -0.2) is 0 Å². The van der Waals surface area contributed by atoms with E-state index in [2.05, 4.69) is 183 Å². The topological polar surface area (TPSA) is 8.17 Å². The molecule has 2 nitrogen and oxygen atoms in total. The molecule has 0 amide bonds. The van der Waals surface area contributed by atoms with Crippen molar-refractivity contribution in [1.29, 1.82) is 0 Å². The van der Waals surface area contributed by atoms with Gasteiger partial charge in [0.25, 0.3) is 0 Å². The van der Waals surface area contributed by atoms with Gasteiger partial charge in [-0.3, -0.25) is 0 Å². The molecule has 0 bridgehead atoms. The average Bonchev–Trinajstić information content (AvgIpc) is 3.51. The lowest BCUT2D eigenvalue weighted by atomic mass is 9.43. The Morgan fingerprint density at radius 1 is 0.560 bits per heavy atom. The van der Waals surface area contributed by atoms with Crippen molar-refractivity contribution in [3.63, 3.8) is 0 Å². The third kappa shape index (κ3) is 4.16. The molecule has 0 saturated heterocycles. The fourth-order valence-electron chi connectivity index (χ4n) is 9.26. The van der Waals surface area contributed by atoms with Crippen LogP contribution in [0.15, 0.2) is 103 Å². The van der Waals surface area contributed by atoms with Crippen molar-refractivity contribution in [3.8, 4) is 11.1 Å². The maximum Gasteiger partial charge on any atom is 0.333 e. The van der Waals surface area contributed by atoms with E-state index in [0.717, 1.165) is 0 Å². The van der Waals surface area contributed by atoms with Crippen LogP contribution in [0.3, 0.4) is 0 Å². The average molecular weight is 653 g/mol. The number of rotatable bonds is 1. The Morgan fingerprint density at radius 3 is 1.86 bits per heavy atom. The molecule has 6 aromatic rings. The van der Waals surface area contributed by atoms with Crippen LogP contribution < -0.4 is 10.4 Å². The van der Waals surface area contributed by atoms with E-state index in [1.165, 1.54) is 88.8 Å². The number of allylic oxidation sites excluding steroid dienone is 1. The van der Waals surface area contributed by atoms with E-state index in [4.69, 9.17) is 0 Å². The first kappa shape index (κ1) is 31.5. The molecule has 9 rings (SSSR count). The summed E-state index contributed by atoms with van der Waals surface area (Å²) >= 11 is 0. The normalized spacial score (nSPS) is 16.3. The summed E-state index contributed by atoms with van der Waals surface area (Å²) in [6.45, 7) is 25.9. The first-order chi connectivity index (χ1) is 23.5. The zero-order valence-electron chi connectivity index (χ0n) is 31.7. The Balaban J connectivity index is 1.45. The lowest BCUT2D eigenvalue weighted by Gasteiger charge is -2.43. The summed E-state index contributed by atoms with van der Waals surface area (Å²) in [6.07, 6.45) is 0. The van der Waals surface area contributed by atoms with E-state index in [0.29, 0.717) is 0 Å². The van der Waals surface area contributed by atoms with E-state index in [1.807, 2.05) is 0 Å². The van der Waals surface area contributed by atoms with Crippen LogP contribution in [0, 0.1) is 0 Å². The quantitative estimate of drug-likeness (QED) is 0.161. The summed E-state index contributed by atoms with van der Waals surface area (Å²) in [6, 6.07) is 38.0. The number of nitrogens with zero attached hydrogens (tertiary/aromatic N) is 2. The SMILES string of the molecule is CC(C)(C)c1ccc(N2C3=C(B4c5c(cccc52)-c2cc(C(C)(C)C)cc5c6cc(C(C)(C)C)ccc6n4c25)c2ccccc2C3(C)C)cc1.